The highest BCUT2D eigenvalue weighted by atomic mass is 32.2. The van der Waals surface area contributed by atoms with Crippen molar-refractivity contribution in [2.75, 3.05) is 29.7 Å². The molecule has 2 aromatic heterocycles. The van der Waals surface area contributed by atoms with Gasteiger partial charge in [0.1, 0.15) is 12.1 Å². The predicted octanol–water partition coefficient (Wildman–Crippen LogP) is 5.99. The number of hydrogen-bond acceptors (Lipinski definition) is 7. The van der Waals surface area contributed by atoms with E-state index in [0.717, 1.165) is 48.7 Å². The summed E-state index contributed by atoms with van der Waals surface area (Å²) >= 11 is 0. The number of nitrogens with zero attached hydrogens (tertiary/aromatic N) is 4. The lowest BCUT2D eigenvalue weighted by atomic mass is 10.1. The number of sulfonamides is 1. The van der Waals surface area contributed by atoms with Crippen molar-refractivity contribution < 1.29 is 18.3 Å². The third kappa shape index (κ3) is 8.18. The Hall–Kier alpha value is -4.74. The van der Waals surface area contributed by atoms with Gasteiger partial charge >= 0.3 is 0 Å². The van der Waals surface area contributed by atoms with E-state index in [-0.39, 0.29) is 11.4 Å². The topological polar surface area (TPSA) is 129 Å². The molecule has 11 heteroatoms. The molecule has 0 aliphatic rings. The first kappa shape index (κ1) is 31.2. The highest BCUT2D eigenvalue weighted by molar-refractivity contribution is 7.92. The molecule has 43 heavy (non-hydrogen) atoms. The van der Waals surface area contributed by atoms with Crippen LogP contribution in [0.3, 0.4) is 0 Å². The number of fused-ring (bicyclic) bond motifs is 1. The van der Waals surface area contributed by atoms with Crippen LogP contribution in [0.15, 0.2) is 96.3 Å². The molecular weight excluding hydrogens is 564 g/mol. The summed E-state index contributed by atoms with van der Waals surface area (Å²) in [5, 5.41) is 11.3. The first-order valence-corrected chi connectivity index (χ1v) is 15.4. The largest absolute Gasteiger partial charge is 0.483 e. The lowest BCUT2D eigenvalue weighted by Crippen LogP contribution is -2.26. The fraction of sp³-hybridized carbons (Fsp3) is 0.219. The van der Waals surface area contributed by atoms with Gasteiger partial charge in [0.15, 0.2) is 0 Å². The smallest absolute Gasteiger partial charge is 0.290 e. The highest BCUT2D eigenvalue weighted by Crippen LogP contribution is 2.26. The van der Waals surface area contributed by atoms with Gasteiger partial charge in [-0.3, -0.25) is 9.52 Å². The summed E-state index contributed by atoms with van der Waals surface area (Å²) in [5.74, 6) is 0.648. The molecule has 3 aromatic carbocycles. The van der Waals surface area contributed by atoms with Crippen LogP contribution in [0.25, 0.3) is 22.2 Å². The van der Waals surface area contributed by atoms with Gasteiger partial charge in [0.05, 0.1) is 10.6 Å². The van der Waals surface area contributed by atoms with Crippen LogP contribution in [0.2, 0.25) is 0 Å². The number of rotatable bonds is 11. The number of carbonyl (C=O) groups is 1. The molecule has 0 spiro atoms. The first-order chi connectivity index (χ1) is 20.8. The fourth-order valence-electron chi connectivity index (χ4n) is 4.63. The van der Waals surface area contributed by atoms with Crippen LogP contribution in [0.4, 0.5) is 17.2 Å². The Morgan fingerprint density at radius 1 is 0.907 bits per heavy atom. The zero-order valence-corrected chi connectivity index (χ0v) is 25.3. The van der Waals surface area contributed by atoms with E-state index in [1.807, 2.05) is 25.1 Å². The van der Waals surface area contributed by atoms with Crippen LogP contribution < -0.4 is 10.0 Å². The van der Waals surface area contributed by atoms with Crippen LogP contribution in [0, 0.1) is 6.92 Å². The Balaban J connectivity index is 0.00000135. The minimum absolute atomic E-state index is 0.225. The molecule has 0 bridgehead atoms. The van der Waals surface area contributed by atoms with Gasteiger partial charge in [-0.15, -0.1) is 0 Å². The minimum atomic E-state index is -3.66. The van der Waals surface area contributed by atoms with Crippen molar-refractivity contribution in [3.8, 4) is 11.3 Å². The molecule has 10 nitrogen and oxygen atoms in total. The summed E-state index contributed by atoms with van der Waals surface area (Å²) in [6.07, 6.45) is 3.69. The molecule has 0 aliphatic heterocycles. The Labute approximate surface area is 252 Å². The molecule has 0 saturated heterocycles. The van der Waals surface area contributed by atoms with E-state index in [1.165, 1.54) is 10.9 Å². The molecule has 0 amide bonds. The number of aromatic nitrogens is 3. The molecule has 0 aliphatic carbocycles. The summed E-state index contributed by atoms with van der Waals surface area (Å²) in [6, 6.07) is 24.3. The summed E-state index contributed by atoms with van der Waals surface area (Å²) in [7, 11) is -3.66. The van der Waals surface area contributed by atoms with Crippen molar-refractivity contribution >= 4 is 44.6 Å². The number of carboxylic acid groups (broad SMARTS) is 1. The fourth-order valence-corrected chi connectivity index (χ4v) is 5.69. The number of benzene rings is 3. The number of hydrogen-bond donors (Lipinski definition) is 3. The van der Waals surface area contributed by atoms with Crippen LogP contribution >= 0.6 is 0 Å². The summed E-state index contributed by atoms with van der Waals surface area (Å²) < 4.78 is 30.3. The maximum absolute atomic E-state index is 12.7. The molecule has 0 radical (unpaired) electrons. The standard InChI is InChI=1S/C31H34N6O2S.CH2O2/c1-4-36(5-2)18-19-37-17-16-25-20-24(8-15-30(25)37)29-21-31(33-22-32-29)34-26-9-11-27(12-10-26)35-40(38,39)28-13-6-23(3)7-14-28;2-1-3/h6-17,20-22,35H,4-5,18-19H2,1-3H3,(H,32,33,34);1H,(H,2,3). The Morgan fingerprint density at radius 3 is 2.26 bits per heavy atom. The van der Waals surface area contributed by atoms with Crippen LogP contribution in [-0.4, -0.2) is 59.1 Å². The van der Waals surface area contributed by atoms with E-state index < -0.39 is 10.0 Å². The molecule has 5 rings (SSSR count). The normalized spacial score (nSPS) is 11.2. The van der Waals surface area contributed by atoms with E-state index in [4.69, 9.17) is 9.90 Å². The van der Waals surface area contributed by atoms with Gasteiger partial charge in [-0.1, -0.05) is 37.6 Å². The van der Waals surface area contributed by atoms with Crippen molar-refractivity contribution in [2.24, 2.45) is 0 Å². The maximum Gasteiger partial charge on any atom is 0.290 e. The Kier molecular flexibility index (Phi) is 10.5. The van der Waals surface area contributed by atoms with Crippen molar-refractivity contribution in [3.05, 3.63) is 97.0 Å². The summed E-state index contributed by atoms with van der Waals surface area (Å²) in [6.45, 7) is 10.2. The molecule has 5 aromatic rings. The monoisotopic (exact) mass is 600 g/mol. The predicted molar refractivity (Wildman–Crippen MR) is 171 cm³/mol. The number of likely N-dealkylation sites (N-methyl/N-ethyl adjacent to an activating group) is 1. The molecule has 3 N–H and O–H groups in total. The number of aryl methyl sites for hydroxylation is 1. The second-order valence-electron chi connectivity index (χ2n) is 9.82. The van der Waals surface area contributed by atoms with Gasteiger partial charge in [-0.2, -0.15) is 0 Å². The van der Waals surface area contributed by atoms with Gasteiger partial charge in [0, 0.05) is 53.2 Å². The van der Waals surface area contributed by atoms with Crippen molar-refractivity contribution in [1.29, 1.82) is 0 Å². The third-order valence-electron chi connectivity index (χ3n) is 7.03. The van der Waals surface area contributed by atoms with Crippen LogP contribution in [-0.2, 0) is 21.4 Å². The number of nitrogens with one attached hydrogen (secondary N) is 2. The molecule has 224 valence electrons. The van der Waals surface area contributed by atoms with Crippen LogP contribution in [0.1, 0.15) is 19.4 Å². The first-order valence-electron chi connectivity index (χ1n) is 13.9. The van der Waals surface area contributed by atoms with Crippen molar-refractivity contribution in [2.45, 2.75) is 32.2 Å². The number of anilines is 3. The van der Waals surface area contributed by atoms with E-state index >= 15 is 0 Å². The van der Waals surface area contributed by atoms with Crippen molar-refractivity contribution in [3.63, 3.8) is 0 Å². The van der Waals surface area contributed by atoms with E-state index in [9.17, 15) is 8.42 Å². The molecule has 0 atom stereocenters. The Morgan fingerprint density at radius 2 is 1.58 bits per heavy atom. The van der Waals surface area contributed by atoms with Gasteiger partial charge in [0.25, 0.3) is 16.5 Å². The summed E-state index contributed by atoms with van der Waals surface area (Å²) in [5.41, 5.74) is 5.30. The zero-order valence-electron chi connectivity index (χ0n) is 24.4. The summed E-state index contributed by atoms with van der Waals surface area (Å²) in [4.78, 5) is 19.9. The van der Waals surface area contributed by atoms with Crippen molar-refractivity contribution in [1.82, 2.24) is 19.4 Å². The van der Waals surface area contributed by atoms with E-state index in [2.05, 4.69) is 73.8 Å². The lowest BCUT2D eigenvalue weighted by Gasteiger charge is -2.18. The molecular formula is C32H36N6O4S. The van der Waals surface area contributed by atoms with Gasteiger partial charge in [-0.25, -0.2) is 18.4 Å². The average molecular weight is 601 g/mol. The molecule has 0 fully saturated rings. The third-order valence-corrected chi connectivity index (χ3v) is 8.42. The van der Waals surface area contributed by atoms with Gasteiger partial charge in [-0.05, 0) is 74.6 Å². The van der Waals surface area contributed by atoms with E-state index in [0.29, 0.717) is 11.5 Å². The van der Waals surface area contributed by atoms with Gasteiger partial charge in [0.2, 0.25) is 0 Å². The Bertz CT molecular complexity index is 1750. The van der Waals surface area contributed by atoms with E-state index in [1.54, 1.807) is 42.7 Å². The quantitative estimate of drug-likeness (QED) is 0.158. The highest BCUT2D eigenvalue weighted by Gasteiger charge is 2.14. The minimum Gasteiger partial charge on any atom is -0.483 e. The second kappa shape index (κ2) is 14.4. The maximum atomic E-state index is 12.7. The van der Waals surface area contributed by atoms with Crippen LogP contribution in [0.5, 0.6) is 0 Å². The molecule has 0 unspecified atom stereocenters. The SMILES string of the molecule is CCN(CC)CCn1ccc2cc(-c3cc(Nc4ccc(NS(=O)(=O)c5ccc(C)cc5)cc4)ncn3)ccc21.O=CO. The zero-order chi connectivity index (χ0) is 30.8. The lowest BCUT2D eigenvalue weighted by molar-refractivity contribution is -0.122. The second-order valence-corrected chi connectivity index (χ2v) is 11.5. The molecule has 2 heterocycles. The molecule has 0 saturated carbocycles. The average Bonchev–Trinajstić information content (AvgIpc) is 3.41. The van der Waals surface area contributed by atoms with Gasteiger partial charge < -0.3 is 19.9 Å².